The Morgan fingerprint density at radius 3 is 1.72 bits per heavy atom. The van der Waals surface area contributed by atoms with Gasteiger partial charge in [0.25, 0.3) is 0 Å². The first kappa shape index (κ1) is 21.3. The molecule has 0 aliphatic carbocycles. The van der Waals surface area contributed by atoms with Crippen LogP contribution < -0.4 is 33.2 Å². The van der Waals surface area contributed by atoms with Gasteiger partial charge in [0, 0.05) is 6.54 Å². The largest absolute Gasteiger partial charge is 0.368 e. The van der Waals surface area contributed by atoms with Crippen molar-refractivity contribution in [3.8, 4) is 0 Å². The lowest BCUT2D eigenvalue weighted by Crippen LogP contribution is -2.20. The number of anilines is 3. The molecule has 0 spiro atoms. The molecule has 1 aromatic rings. The first-order valence-corrected chi connectivity index (χ1v) is 9.35. The number of rotatable bonds is 16. The van der Waals surface area contributed by atoms with Crippen molar-refractivity contribution in [2.75, 3.05) is 56.1 Å². The van der Waals surface area contributed by atoms with Crippen molar-refractivity contribution in [1.82, 2.24) is 25.6 Å². The third-order valence-electron chi connectivity index (χ3n) is 3.75. The number of nitrogens with zero attached hydrogens (tertiary/aromatic N) is 3. The molecule has 0 radical (unpaired) electrons. The van der Waals surface area contributed by atoms with Crippen LogP contribution in [0.1, 0.15) is 44.9 Å². The SMILES string of the molecule is NCCCNCCCCCCCNCCCNc1nc(N)nc(N)n1. The average molecular weight is 354 g/mol. The fourth-order valence-electron chi connectivity index (χ4n) is 2.41. The van der Waals surface area contributed by atoms with Gasteiger partial charge in [0.15, 0.2) is 0 Å². The average Bonchev–Trinajstić information content (AvgIpc) is 2.57. The molecule has 0 unspecified atom stereocenters. The van der Waals surface area contributed by atoms with E-state index in [0.717, 1.165) is 52.1 Å². The van der Waals surface area contributed by atoms with E-state index in [9.17, 15) is 0 Å². The lowest BCUT2D eigenvalue weighted by atomic mass is 10.1. The van der Waals surface area contributed by atoms with Crippen molar-refractivity contribution in [1.29, 1.82) is 0 Å². The molecule has 9 heteroatoms. The topological polar surface area (TPSA) is 153 Å². The first-order chi connectivity index (χ1) is 12.2. The zero-order valence-electron chi connectivity index (χ0n) is 15.3. The van der Waals surface area contributed by atoms with Gasteiger partial charge in [-0.15, -0.1) is 0 Å². The molecular weight excluding hydrogens is 318 g/mol. The molecule has 0 bridgehead atoms. The highest BCUT2D eigenvalue weighted by Crippen LogP contribution is 2.03. The van der Waals surface area contributed by atoms with Crippen molar-refractivity contribution in [2.45, 2.75) is 44.9 Å². The van der Waals surface area contributed by atoms with Crippen molar-refractivity contribution < 1.29 is 0 Å². The van der Waals surface area contributed by atoms with E-state index in [1.807, 2.05) is 0 Å². The Labute approximate surface area is 151 Å². The number of hydrogen-bond donors (Lipinski definition) is 6. The lowest BCUT2D eigenvalue weighted by molar-refractivity contribution is 0.551. The van der Waals surface area contributed by atoms with Crippen molar-refractivity contribution in [3.05, 3.63) is 0 Å². The second-order valence-corrected chi connectivity index (χ2v) is 6.07. The maximum Gasteiger partial charge on any atom is 0.229 e. The normalized spacial score (nSPS) is 10.9. The molecule has 0 fully saturated rings. The van der Waals surface area contributed by atoms with E-state index in [4.69, 9.17) is 17.2 Å². The summed E-state index contributed by atoms with van der Waals surface area (Å²) >= 11 is 0. The summed E-state index contributed by atoms with van der Waals surface area (Å²) in [6.45, 7) is 5.74. The summed E-state index contributed by atoms with van der Waals surface area (Å²) in [5.41, 5.74) is 16.5. The predicted octanol–water partition coefficient (Wildman–Crippen LogP) is 0.317. The number of unbranched alkanes of at least 4 members (excludes halogenated alkanes) is 4. The minimum Gasteiger partial charge on any atom is -0.368 e. The summed E-state index contributed by atoms with van der Waals surface area (Å²) in [6, 6.07) is 0. The quantitative estimate of drug-likeness (QED) is 0.231. The molecule has 0 saturated heterocycles. The maximum atomic E-state index is 5.51. The molecule has 25 heavy (non-hydrogen) atoms. The van der Waals surface area contributed by atoms with Crippen molar-refractivity contribution >= 4 is 17.8 Å². The lowest BCUT2D eigenvalue weighted by Gasteiger charge is -2.07. The van der Waals surface area contributed by atoms with E-state index in [1.54, 1.807) is 0 Å². The van der Waals surface area contributed by atoms with Crippen LogP contribution >= 0.6 is 0 Å². The molecule has 144 valence electrons. The molecule has 0 aliphatic heterocycles. The Morgan fingerprint density at radius 2 is 1.12 bits per heavy atom. The molecule has 0 aliphatic rings. The van der Waals surface area contributed by atoms with Crippen LogP contribution in [-0.2, 0) is 0 Å². The summed E-state index contributed by atoms with van der Waals surface area (Å²) in [7, 11) is 0. The van der Waals surface area contributed by atoms with Crippen LogP contribution in [0.3, 0.4) is 0 Å². The van der Waals surface area contributed by atoms with Gasteiger partial charge in [-0.3, -0.25) is 0 Å². The van der Waals surface area contributed by atoms with Crippen LogP contribution in [0, 0.1) is 0 Å². The predicted molar refractivity (Wildman–Crippen MR) is 104 cm³/mol. The van der Waals surface area contributed by atoms with Crippen LogP contribution in [0.5, 0.6) is 0 Å². The van der Waals surface area contributed by atoms with Crippen LogP contribution in [0.25, 0.3) is 0 Å². The number of nitrogens with two attached hydrogens (primary N) is 3. The third-order valence-corrected chi connectivity index (χ3v) is 3.75. The summed E-state index contributed by atoms with van der Waals surface area (Å²) < 4.78 is 0. The van der Waals surface area contributed by atoms with E-state index in [-0.39, 0.29) is 11.9 Å². The minimum absolute atomic E-state index is 0.138. The summed E-state index contributed by atoms with van der Waals surface area (Å²) in [5, 5.41) is 9.96. The van der Waals surface area contributed by atoms with Gasteiger partial charge in [0.1, 0.15) is 0 Å². The maximum absolute atomic E-state index is 5.51. The summed E-state index contributed by atoms with van der Waals surface area (Å²) in [5.74, 6) is 0.710. The van der Waals surface area contributed by atoms with Gasteiger partial charge < -0.3 is 33.2 Å². The van der Waals surface area contributed by atoms with Crippen molar-refractivity contribution in [3.63, 3.8) is 0 Å². The molecular formula is C16H35N9. The molecule has 1 aromatic heterocycles. The van der Waals surface area contributed by atoms with Gasteiger partial charge in [-0.05, 0) is 58.4 Å². The van der Waals surface area contributed by atoms with Crippen LogP contribution in [0.15, 0.2) is 0 Å². The second-order valence-electron chi connectivity index (χ2n) is 6.07. The van der Waals surface area contributed by atoms with E-state index < -0.39 is 0 Å². The standard InChI is InChI=1S/C16H35N9/c17-8-6-11-20-9-4-2-1-3-5-10-21-12-7-13-22-16-24-14(18)23-15(19)25-16/h20-21H,1-13,17H2,(H5,18,19,22,23,24,25). The Balaban J connectivity index is 1.81. The molecule has 1 rings (SSSR count). The fraction of sp³-hybridized carbons (Fsp3) is 0.812. The highest BCUT2D eigenvalue weighted by Gasteiger charge is 2.00. The zero-order valence-corrected chi connectivity index (χ0v) is 15.3. The molecule has 9 N–H and O–H groups in total. The Kier molecular flexibility index (Phi) is 12.5. The number of nitrogen functional groups attached to an aromatic ring is 2. The van der Waals surface area contributed by atoms with Gasteiger partial charge in [-0.1, -0.05) is 19.3 Å². The van der Waals surface area contributed by atoms with Crippen LogP contribution in [0.2, 0.25) is 0 Å². The number of nitrogens with one attached hydrogen (secondary N) is 3. The van der Waals surface area contributed by atoms with Gasteiger partial charge >= 0.3 is 0 Å². The van der Waals surface area contributed by atoms with Gasteiger partial charge in [0.05, 0.1) is 0 Å². The minimum atomic E-state index is 0.138. The van der Waals surface area contributed by atoms with Crippen LogP contribution in [0.4, 0.5) is 17.8 Å². The molecule has 1 heterocycles. The molecule has 0 atom stereocenters. The van der Waals surface area contributed by atoms with Gasteiger partial charge in [-0.25, -0.2) is 0 Å². The monoisotopic (exact) mass is 353 g/mol. The molecule has 9 nitrogen and oxygen atoms in total. The van der Waals surface area contributed by atoms with Gasteiger partial charge in [-0.2, -0.15) is 15.0 Å². The highest BCUT2D eigenvalue weighted by atomic mass is 15.2. The van der Waals surface area contributed by atoms with E-state index in [2.05, 4.69) is 30.9 Å². The van der Waals surface area contributed by atoms with E-state index in [1.165, 1.54) is 32.1 Å². The third kappa shape index (κ3) is 12.3. The number of hydrogen-bond acceptors (Lipinski definition) is 9. The van der Waals surface area contributed by atoms with Crippen molar-refractivity contribution in [2.24, 2.45) is 5.73 Å². The van der Waals surface area contributed by atoms with Crippen LogP contribution in [-0.4, -0.2) is 54.2 Å². The fourth-order valence-corrected chi connectivity index (χ4v) is 2.41. The summed E-state index contributed by atoms with van der Waals surface area (Å²) in [4.78, 5) is 11.7. The smallest absolute Gasteiger partial charge is 0.229 e. The number of aromatic nitrogens is 3. The Bertz CT molecular complexity index is 421. The highest BCUT2D eigenvalue weighted by molar-refractivity contribution is 5.36. The Morgan fingerprint density at radius 1 is 0.600 bits per heavy atom. The van der Waals surface area contributed by atoms with E-state index in [0.29, 0.717) is 5.95 Å². The molecule has 0 aromatic carbocycles. The van der Waals surface area contributed by atoms with Gasteiger partial charge in [0.2, 0.25) is 17.8 Å². The Hall–Kier alpha value is -1.71. The second kappa shape index (κ2) is 14.6. The zero-order chi connectivity index (χ0) is 18.2. The van der Waals surface area contributed by atoms with E-state index >= 15 is 0 Å². The summed E-state index contributed by atoms with van der Waals surface area (Å²) in [6.07, 6.45) is 8.45. The molecule has 0 saturated carbocycles. The molecule has 0 amide bonds. The first-order valence-electron chi connectivity index (χ1n) is 9.35.